The molecule has 1 aromatic heterocycles. The minimum Gasteiger partial charge on any atom is -0.507 e. The molecule has 1 aliphatic rings. The zero-order chi connectivity index (χ0) is 27.6. The Balaban J connectivity index is 1.73. The van der Waals surface area contributed by atoms with Crippen molar-refractivity contribution < 1.29 is 59.3 Å². The number of carboxylic acid groups (broad SMARTS) is 2. The predicted octanol–water partition coefficient (Wildman–Crippen LogP) is 2.71. The Kier molecular flexibility index (Phi) is 5.15. The number of hydrogen-bond acceptors (Lipinski definition) is 11. The van der Waals surface area contributed by atoms with Crippen LogP contribution in [0.1, 0.15) is 36.6 Å². The van der Waals surface area contributed by atoms with E-state index in [2.05, 4.69) is 0 Å². The molecule has 38 heavy (non-hydrogen) atoms. The number of phenols is 4. The standard InChI is InChI=1S/C25H14O13/c26-10-4-13-15(17(22(10)31)24(33)34)21(30)9(6-37-13)19(28)7-1-2-12-8(3-7)20(29)16-14(38-12)5-11(27)23(32)18(16)25(35)36/h1-5,26-28,31-32H,6H2,(H,33,34)(H,35,36)/b19-9-. The quantitative estimate of drug-likeness (QED) is 0.0888. The number of benzene rings is 3. The normalized spacial score (nSPS) is 14.3. The molecule has 0 aliphatic carbocycles. The van der Waals surface area contributed by atoms with Crippen LogP contribution >= 0.6 is 0 Å². The van der Waals surface area contributed by atoms with Gasteiger partial charge in [-0.3, -0.25) is 9.59 Å². The molecule has 0 atom stereocenters. The first-order valence-corrected chi connectivity index (χ1v) is 10.5. The monoisotopic (exact) mass is 522 g/mol. The summed E-state index contributed by atoms with van der Waals surface area (Å²) in [5, 5.41) is 68.6. The highest BCUT2D eigenvalue weighted by Crippen LogP contribution is 2.42. The summed E-state index contributed by atoms with van der Waals surface area (Å²) in [6, 6.07) is 5.26. The van der Waals surface area contributed by atoms with Crippen molar-refractivity contribution in [3.63, 3.8) is 0 Å². The lowest BCUT2D eigenvalue weighted by Gasteiger charge is -2.22. The average molecular weight is 522 g/mol. The van der Waals surface area contributed by atoms with Crippen LogP contribution in [-0.4, -0.2) is 60.1 Å². The van der Waals surface area contributed by atoms with Gasteiger partial charge in [0.05, 0.1) is 21.9 Å². The zero-order valence-electron chi connectivity index (χ0n) is 18.7. The molecule has 0 amide bonds. The van der Waals surface area contributed by atoms with Crippen molar-refractivity contribution in [1.82, 2.24) is 0 Å². The van der Waals surface area contributed by atoms with Crippen LogP contribution in [0.15, 0.2) is 45.1 Å². The topological polar surface area (TPSA) is 232 Å². The van der Waals surface area contributed by atoms with Gasteiger partial charge in [0, 0.05) is 17.7 Å². The number of Topliss-reactive ketones (excluding diaryl/α,β-unsaturated/α-hetero) is 1. The van der Waals surface area contributed by atoms with Gasteiger partial charge in [-0.1, -0.05) is 0 Å². The molecule has 3 aromatic carbocycles. The number of carbonyl (C=O) groups excluding carboxylic acids is 1. The second kappa shape index (κ2) is 8.16. The van der Waals surface area contributed by atoms with E-state index in [-0.39, 0.29) is 27.9 Å². The molecule has 13 nitrogen and oxygen atoms in total. The number of carboxylic acids is 2. The second-order valence-electron chi connectivity index (χ2n) is 8.18. The van der Waals surface area contributed by atoms with Crippen molar-refractivity contribution in [2.75, 3.05) is 6.61 Å². The van der Waals surface area contributed by atoms with Gasteiger partial charge < -0.3 is 44.9 Å². The molecule has 0 spiro atoms. The fraction of sp³-hybridized carbons (Fsp3) is 0.0400. The number of rotatable bonds is 3. The summed E-state index contributed by atoms with van der Waals surface area (Å²) < 4.78 is 10.9. The van der Waals surface area contributed by atoms with E-state index in [1.807, 2.05) is 0 Å². The van der Waals surface area contributed by atoms with Gasteiger partial charge >= 0.3 is 11.9 Å². The fourth-order valence-corrected chi connectivity index (χ4v) is 4.24. The second-order valence-corrected chi connectivity index (χ2v) is 8.18. The molecule has 1 aliphatic heterocycles. The number of carbonyl (C=O) groups is 3. The zero-order valence-corrected chi connectivity index (χ0v) is 18.7. The van der Waals surface area contributed by atoms with Crippen molar-refractivity contribution in [1.29, 1.82) is 0 Å². The van der Waals surface area contributed by atoms with Crippen LogP contribution in [0.25, 0.3) is 27.7 Å². The number of aliphatic hydroxyl groups excluding tert-OH is 1. The number of ketones is 1. The highest BCUT2D eigenvalue weighted by Gasteiger charge is 2.35. The molecule has 0 saturated carbocycles. The van der Waals surface area contributed by atoms with Gasteiger partial charge in [-0.2, -0.15) is 0 Å². The van der Waals surface area contributed by atoms with E-state index in [9.17, 15) is 54.9 Å². The Morgan fingerprint density at radius 3 is 2.08 bits per heavy atom. The van der Waals surface area contributed by atoms with Crippen LogP contribution in [0.4, 0.5) is 0 Å². The van der Waals surface area contributed by atoms with Gasteiger partial charge in [-0.15, -0.1) is 0 Å². The number of fused-ring (bicyclic) bond motifs is 3. The van der Waals surface area contributed by atoms with E-state index < -0.39 is 86.2 Å². The van der Waals surface area contributed by atoms with Crippen molar-refractivity contribution in [3.8, 4) is 28.7 Å². The van der Waals surface area contributed by atoms with Gasteiger partial charge in [0.2, 0.25) is 11.2 Å². The van der Waals surface area contributed by atoms with Gasteiger partial charge in [0.15, 0.2) is 23.0 Å². The summed E-state index contributed by atoms with van der Waals surface area (Å²) in [6.07, 6.45) is 0. The first-order chi connectivity index (χ1) is 17.9. The summed E-state index contributed by atoms with van der Waals surface area (Å²) in [5.74, 6) is -9.35. The van der Waals surface area contributed by atoms with Gasteiger partial charge in [-0.05, 0) is 18.2 Å². The first-order valence-electron chi connectivity index (χ1n) is 10.5. The third kappa shape index (κ3) is 3.33. The summed E-state index contributed by atoms with van der Waals surface area (Å²) in [6.45, 7) is -0.568. The van der Waals surface area contributed by atoms with Crippen LogP contribution in [-0.2, 0) is 0 Å². The maximum Gasteiger partial charge on any atom is 0.340 e. The lowest BCUT2D eigenvalue weighted by molar-refractivity contribution is 0.0680. The van der Waals surface area contributed by atoms with Crippen LogP contribution in [0, 0.1) is 0 Å². The Morgan fingerprint density at radius 2 is 1.42 bits per heavy atom. The van der Waals surface area contributed by atoms with E-state index >= 15 is 0 Å². The SMILES string of the molecule is O=C1/C(=C(\O)c2ccc3oc4cc(O)c(O)c(C(=O)O)c4c(=O)c3c2)COc2cc(O)c(O)c(C(=O)O)c21. The van der Waals surface area contributed by atoms with E-state index in [0.29, 0.717) is 0 Å². The number of aliphatic hydroxyl groups is 1. The van der Waals surface area contributed by atoms with Crippen molar-refractivity contribution >= 4 is 45.4 Å². The Morgan fingerprint density at radius 1 is 0.789 bits per heavy atom. The third-order valence-corrected chi connectivity index (χ3v) is 6.02. The average Bonchev–Trinajstić information content (AvgIpc) is 2.85. The first kappa shape index (κ1) is 24.0. The summed E-state index contributed by atoms with van der Waals surface area (Å²) in [4.78, 5) is 49.7. The van der Waals surface area contributed by atoms with Crippen LogP contribution in [0.3, 0.4) is 0 Å². The smallest absolute Gasteiger partial charge is 0.340 e. The highest BCUT2D eigenvalue weighted by atomic mass is 16.5. The lowest BCUT2D eigenvalue weighted by Crippen LogP contribution is -2.23. The minimum absolute atomic E-state index is 0.0874. The molecule has 0 saturated heterocycles. The molecular weight excluding hydrogens is 508 g/mol. The van der Waals surface area contributed by atoms with E-state index in [0.717, 1.165) is 18.2 Å². The number of ether oxygens (including phenoxy) is 1. The molecule has 7 N–H and O–H groups in total. The molecule has 0 bridgehead atoms. The number of hydrogen-bond donors (Lipinski definition) is 7. The fourth-order valence-electron chi connectivity index (χ4n) is 4.24. The minimum atomic E-state index is -1.74. The number of phenolic OH excluding ortho intramolecular Hbond substituents is 2. The molecule has 0 radical (unpaired) electrons. The van der Waals surface area contributed by atoms with E-state index in [1.165, 1.54) is 12.1 Å². The summed E-state index contributed by atoms with van der Waals surface area (Å²) in [5.41, 5.74) is -4.39. The Hall–Kier alpha value is -5.72. The maximum absolute atomic E-state index is 13.2. The van der Waals surface area contributed by atoms with Gasteiger partial charge in [0.25, 0.3) is 0 Å². The summed E-state index contributed by atoms with van der Waals surface area (Å²) in [7, 11) is 0. The van der Waals surface area contributed by atoms with Crippen molar-refractivity contribution in [2.45, 2.75) is 0 Å². The van der Waals surface area contributed by atoms with E-state index in [4.69, 9.17) is 9.15 Å². The number of aromatic carboxylic acids is 2. The van der Waals surface area contributed by atoms with Crippen LogP contribution in [0.2, 0.25) is 0 Å². The lowest BCUT2D eigenvalue weighted by atomic mass is 9.92. The Labute approximate surface area is 208 Å². The molecule has 5 rings (SSSR count). The molecule has 13 heteroatoms. The van der Waals surface area contributed by atoms with Gasteiger partial charge in [-0.25, -0.2) is 9.59 Å². The van der Waals surface area contributed by atoms with Crippen molar-refractivity contribution in [2.24, 2.45) is 0 Å². The van der Waals surface area contributed by atoms with Gasteiger partial charge in [0.1, 0.15) is 40.4 Å². The van der Waals surface area contributed by atoms with Crippen LogP contribution in [0.5, 0.6) is 28.7 Å². The molecule has 0 fully saturated rings. The highest BCUT2D eigenvalue weighted by molar-refractivity contribution is 6.20. The molecule has 0 unspecified atom stereocenters. The van der Waals surface area contributed by atoms with Crippen molar-refractivity contribution in [3.05, 3.63) is 68.4 Å². The molecular formula is C25H14O13. The maximum atomic E-state index is 13.2. The Bertz CT molecular complexity index is 1860. The van der Waals surface area contributed by atoms with Crippen LogP contribution < -0.4 is 10.2 Å². The third-order valence-electron chi connectivity index (χ3n) is 6.02. The largest absolute Gasteiger partial charge is 0.507 e. The molecule has 2 heterocycles. The summed E-state index contributed by atoms with van der Waals surface area (Å²) >= 11 is 0. The van der Waals surface area contributed by atoms with E-state index in [1.54, 1.807) is 0 Å². The number of aromatic hydroxyl groups is 4. The predicted molar refractivity (Wildman–Crippen MR) is 126 cm³/mol. The molecule has 4 aromatic rings. The molecule has 192 valence electrons.